The highest BCUT2D eigenvalue weighted by molar-refractivity contribution is 6.35. The van der Waals surface area contributed by atoms with Crippen LogP contribution in [0.3, 0.4) is 0 Å². The summed E-state index contributed by atoms with van der Waals surface area (Å²) in [6, 6.07) is 5.57. The fourth-order valence-electron chi connectivity index (χ4n) is 1.15. The normalized spacial score (nSPS) is 12.9. The van der Waals surface area contributed by atoms with Crippen LogP contribution in [0.15, 0.2) is 18.2 Å². The Balaban J connectivity index is 2.77. The first-order valence-corrected chi connectivity index (χ1v) is 5.03. The van der Waals surface area contributed by atoms with Gasteiger partial charge in [-0.2, -0.15) is 0 Å². The highest BCUT2D eigenvalue weighted by atomic mass is 35.5. The molecule has 0 aromatic heterocycles. The number of nitrogens with two attached hydrogens (primary N) is 1. The Hall–Kier alpha value is -0.240. The molecule has 0 unspecified atom stereocenters. The first kappa shape index (κ1) is 10.8. The van der Waals surface area contributed by atoms with E-state index in [-0.39, 0.29) is 0 Å². The van der Waals surface area contributed by atoms with Gasteiger partial charge in [-0.25, -0.2) is 0 Å². The van der Waals surface area contributed by atoms with E-state index in [2.05, 4.69) is 6.92 Å². The van der Waals surface area contributed by atoms with Crippen molar-refractivity contribution in [2.75, 3.05) is 6.54 Å². The van der Waals surface area contributed by atoms with Crippen molar-refractivity contribution in [3.8, 4) is 0 Å². The summed E-state index contributed by atoms with van der Waals surface area (Å²) in [6.07, 6.45) is 0.909. The first-order chi connectivity index (χ1) is 6.13. The molecule has 0 aliphatic carbocycles. The molecule has 0 aliphatic heterocycles. The summed E-state index contributed by atoms with van der Waals surface area (Å²) >= 11 is 11.8. The Morgan fingerprint density at radius 3 is 2.62 bits per heavy atom. The van der Waals surface area contributed by atoms with E-state index in [1.54, 1.807) is 6.07 Å². The number of hydrogen-bond donors (Lipinski definition) is 1. The minimum atomic E-state index is 0.457. The molecule has 0 radical (unpaired) electrons. The SMILES string of the molecule is C[C@H](CN)Cc1ccc(Cl)cc1Cl. The summed E-state index contributed by atoms with van der Waals surface area (Å²) in [5, 5.41) is 1.40. The van der Waals surface area contributed by atoms with Crippen molar-refractivity contribution in [1.82, 2.24) is 0 Å². The highest BCUT2D eigenvalue weighted by Crippen LogP contribution is 2.22. The van der Waals surface area contributed by atoms with E-state index in [9.17, 15) is 0 Å². The van der Waals surface area contributed by atoms with E-state index in [4.69, 9.17) is 28.9 Å². The zero-order valence-electron chi connectivity index (χ0n) is 7.56. The van der Waals surface area contributed by atoms with Gasteiger partial charge in [0.25, 0.3) is 0 Å². The Labute approximate surface area is 88.8 Å². The first-order valence-electron chi connectivity index (χ1n) is 4.27. The number of benzene rings is 1. The third-order valence-corrected chi connectivity index (χ3v) is 2.57. The van der Waals surface area contributed by atoms with Gasteiger partial charge >= 0.3 is 0 Å². The van der Waals surface area contributed by atoms with Gasteiger partial charge in [-0.3, -0.25) is 0 Å². The maximum Gasteiger partial charge on any atom is 0.0452 e. The van der Waals surface area contributed by atoms with Crippen LogP contribution in [0.2, 0.25) is 10.0 Å². The zero-order valence-corrected chi connectivity index (χ0v) is 9.07. The number of hydrogen-bond acceptors (Lipinski definition) is 1. The monoisotopic (exact) mass is 217 g/mol. The van der Waals surface area contributed by atoms with E-state index in [1.165, 1.54) is 0 Å². The maximum absolute atomic E-state index is 6.01. The lowest BCUT2D eigenvalue weighted by molar-refractivity contribution is 0.593. The lowest BCUT2D eigenvalue weighted by Crippen LogP contribution is -2.13. The Morgan fingerprint density at radius 2 is 2.08 bits per heavy atom. The molecule has 0 aliphatic rings. The van der Waals surface area contributed by atoms with Crippen molar-refractivity contribution < 1.29 is 0 Å². The van der Waals surface area contributed by atoms with Crippen LogP contribution in [0.1, 0.15) is 12.5 Å². The maximum atomic E-state index is 6.01. The third-order valence-electron chi connectivity index (χ3n) is 1.99. The second-order valence-corrected chi connectivity index (χ2v) is 4.12. The Bertz CT molecular complexity index is 286. The molecule has 0 saturated carbocycles. The topological polar surface area (TPSA) is 26.0 Å². The van der Waals surface area contributed by atoms with Gasteiger partial charge in [0.1, 0.15) is 0 Å². The molecule has 1 nitrogen and oxygen atoms in total. The molecule has 0 bridgehead atoms. The zero-order chi connectivity index (χ0) is 9.84. The standard InChI is InChI=1S/C10H13Cl2N/c1-7(6-13)4-8-2-3-9(11)5-10(8)12/h2-3,5,7H,4,6,13H2,1H3/t7-/m0/s1. The summed E-state index contributed by atoms with van der Waals surface area (Å²) in [4.78, 5) is 0. The molecule has 2 N–H and O–H groups in total. The van der Waals surface area contributed by atoms with Crippen LogP contribution in [-0.2, 0) is 6.42 Å². The van der Waals surface area contributed by atoms with Gasteiger partial charge < -0.3 is 5.73 Å². The largest absolute Gasteiger partial charge is 0.330 e. The summed E-state index contributed by atoms with van der Waals surface area (Å²) in [5.74, 6) is 0.457. The van der Waals surface area contributed by atoms with Crippen LogP contribution >= 0.6 is 23.2 Å². The summed E-state index contributed by atoms with van der Waals surface area (Å²) < 4.78 is 0. The van der Waals surface area contributed by atoms with E-state index < -0.39 is 0 Å². The quantitative estimate of drug-likeness (QED) is 0.828. The fourth-order valence-corrected chi connectivity index (χ4v) is 1.63. The molecular formula is C10H13Cl2N. The molecule has 1 rings (SSSR count). The van der Waals surface area contributed by atoms with Gasteiger partial charge in [0.15, 0.2) is 0 Å². The molecule has 1 aromatic rings. The second-order valence-electron chi connectivity index (χ2n) is 3.28. The van der Waals surface area contributed by atoms with Crippen LogP contribution in [0.4, 0.5) is 0 Å². The Morgan fingerprint density at radius 1 is 1.38 bits per heavy atom. The molecule has 0 fully saturated rings. The molecule has 0 saturated heterocycles. The minimum absolute atomic E-state index is 0.457. The smallest absolute Gasteiger partial charge is 0.0452 e. The van der Waals surface area contributed by atoms with Gasteiger partial charge in [-0.1, -0.05) is 36.2 Å². The summed E-state index contributed by atoms with van der Waals surface area (Å²) in [5.41, 5.74) is 6.65. The molecule has 0 spiro atoms. The van der Waals surface area contributed by atoms with Gasteiger partial charge in [-0.05, 0) is 36.6 Å². The van der Waals surface area contributed by atoms with Crippen LogP contribution in [0.25, 0.3) is 0 Å². The molecule has 1 aromatic carbocycles. The van der Waals surface area contributed by atoms with E-state index >= 15 is 0 Å². The van der Waals surface area contributed by atoms with Crippen LogP contribution in [-0.4, -0.2) is 6.54 Å². The lowest BCUT2D eigenvalue weighted by Gasteiger charge is -2.09. The van der Waals surface area contributed by atoms with Crippen LogP contribution in [0, 0.1) is 5.92 Å². The van der Waals surface area contributed by atoms with E-state index in [0.717, 1.165) is 17.0 Å². The predicted octanol–water partition coefficient (Wildman–Crippen LogP) is 3.13. The summed E-state index contributed by atoms with van der Waals surface area (Å²) in [6.45, 7) is 2.78. The predicted molar refractivity (Wildman–Crippen MR) is 58.4 cm³/mol. The molecular weight excluding hydrogens is 205 g/mol. The van der Waals surface area contributed by atoms with E-state index in [0.29, 0.717) is 17.5 Å². The lowest BCUT2D eigenvalue weighted by atomic mass is 10.0. The second kappa shape index (κ2) is 4.85. The minimum Gasteiger partial charge on any atom is -0.330 e. The Kier molecular flexibility index (Phi) is 4.04. The van der Waals surface area contributed by atoms with E-state index in [1.807, 2.05) is 12.1 Å². The van der Waals surface area contributed by atoms with Gasteiger partial charge in [0, 0.05) is 10.0 Å². The fraction of sp³-hybridized carbons (Fsp3) is 0.400. The van der Waals surface area contributed by atoms with Gasteiger partial charge in [0.2, 0.25) is 0 Å². The van der Waals surface area contributed by atoms with Crippen molar-refractivity contribution in [1.29, 1.82) is 0 Å². The highest BCUT2D eigenvalue weighted by Gasteiger charge is 2.05. The van der Waals surface area contributed by atoms with Gasteiger partial charge in [0.05, 0.1) is 0 Å². The van der Waals surface area contributed by atoms with Crippen molar-refractivity contribution >= 4 is 23.2 Å². The molecule has 0 heterocycles. The van der Waals surface area contributed by atoms with Crippen molar-refractivity contribution in [2.24, 2.45) is 11.7 Å². The van der Waals surface area contributed by atoms with Crippen molar-refractivity contribution in [2.45, 2.75) is 13.3 Å². The average molecular weight is 218 g/mol. The molecule has 0 amide bonds. The van der Waals surface area contributed by atoms with Crippen molar-refractivity contribution in [3.63, 3.8) is 0 Å². The third kappa shape index (κ3) is 3.18. The molecule has 13 heavy (non-hydrogen) atoms. The molecule has 72 valence electrons. The number of rotatable bonds is 3. The van der Waals surface area contributed by atoms with Gasteiger partial charge in [-0.15, -0.1) is 0 Å². The average Bonchev–Trinajstić information content (AvgIpc) is 2.09. The molecule has 1 atom stereocenters. The molecule has 3 heteroatoms. The van der Waals surface area contributed by atoms with Crippen LogP contribution < -0.4 is 5.73 Å². The number of halogens is 2. The summed E-state index contributed by atoms with van der Waals surface area (Å²) in [7, 11) is 0. The van der Waals surface area contributed by atoms with Crippen LogP contribution in [0.5, 0.6) is 0 Å². The van der Waals surface area contributed by atoms with Crippen molar-refractivity contribution in [3.05, 3.63) is 33.8 Å².